The molecule has 0 unspecified atom stereocenters. The van der Waals surface area contributed by atoms with Crippen LogP contribution >= 0.6 is 0 Å². The molecule has 2 aromatic heterocycles. The van der Waals surface area contributed by atoms with E-state index in [9.17, 15) is 10.1 Å². The molecular formula is C14H14N4O2. The van der Waals surface area contributed by atoms with Crippen LogP contribution in [0.4, 0.5) is 5.69 Å². The molecule has 0 saturated carbocycles. The zero-order valence-electron chi connectivity index (χ0n) is 11.1. The van der Waals surface area contributed by atoms with Crippen molar-refractivity contribution in [2.75, 3.05) is 0 Å². The second kappa shape index (κ2) is 4.80. The number of hydrogen-bond acceptors (Lipinski definition) is 3. The van der Waals surface area contributed by atoms with Gasteiger partial charge >= 0.3 is 0 Å². The maximum absolute atomic E-state index is 10.8. The van der Waals surface area contributed by atoms with Crippen LogP contribution in [-0.2, 0) is 20.0 Å². The molecule has 0 aliphatic heterocycles. The van der Waals surface area contributed by atoms with Gasteiger partial charge < -0.3 is 4.57 Å². The summed E-state index contributed by atoms with van der Waals surface area (Å²) < 4.78 is 3.89. The highest BCUT2D eigenvalue weighted by Crippen LogP contribution is 2.22. The third-order valence-corrected chi connectivity index (χ3v) is 3.37. The Bertz CT molecular complexity index is 772. The summed E-state index contributed by atoms with van der Waals surface area (Å²) in [5, 5.41) is 15.8. The predicted molar refractivity (Wildman–Crippen MR) is 75.5 cm³/mol. The third kappa shape index (κ3) is 2.27. The molecule has 0 N–H and O–H groups in total. The quantitative estimate of drug-likeness (QED) is 0.540. The van der Waals surface area contributed by atoms with Crippen molar-refractivity contribution in [3.63, 3.8) is 0 Å². The molecule has 0 amide bonds. The minimum absolute atomic E-state index is 0.127. The van der Waals surface area contributed by atoms with Crippen LogP contribution in [0.5, 0.6) is 0 Å². The second-order valence-corrected chi connectivity index (χ2v) is 4.78. The number of hydrogen-bond donors (Lipinski definition) is 0. The first-order chi connectivity index (χ1) is 9.63. The fraction of sp³-hybridized carbons (Fsp3) is 0.214. The van der Waals surface area contributed by atoms with E-state index in [-0.39, 0.29) is 10.6 Å². The van der Waals surface area contributed by atoms with E-state index in [0.717, 1.165) is 23.9 Å². The molecule has 3 aromatic rings. The predicted octanol–water partition coefficient (Wildman–Crippen LogP) is 2.53. The van der Waals surface area contributed by atoms with Crippen molar-refractivity contribution in [2.24, 2.45) is 7.05 Å². The largest absolute Gasteiger partial charge is 0.347 e. The summed E-state index contributed by atoms with van der Waals surface area (Å²) in [4.78, 5) is 10.4. The number of nitrogens with zero attached hydrogens (tertiary/aromatic N) is 4. The summed E-state index contributed by atoms with van der Waals surface area (Å²) in [5.41, 5.74) is 2.32. The summed E-state index contributed by atoms with van der Waals surface area (Å²) in [5.74, 6) is 0. The highest BCUT2D eigenvalue weighted by Gasteiger charge is 2.08. The number of benzene rings is 1. The van der Waals surface area contributed by atoms with E-state index in [2.05, 4.69) is 9.67 Å². The lowest BCUT2D eigenvalue weighted by Gasteiger charge is -2.04. The fourth-order valence-corrected chi connectivity index (χ4v) is 2.35. The lowest BCUT2D eigenvalue weighted by Crippen LogP contribution is -1.99. The molecule has 0 spiro atoms. The van der Waals surface area contributed by atoms with E-state index in [0.29, 0.717) is 0 Å². The summed E-state index contributed by atoms with van der Waals surface area (Å²) >= 11 is 0. The lowest BCUT2D eigenvalue weighted by molar-refractivity contribution is -0.384. The number of aryl methyl sites for hydroxylation is 3. The zero-order chi connectivity index (χ0) is 14.1. The van der Waals surface area contributed by atoms with E-state index in [4.69, 9.17) is 0 Å². The minimum Gasteiger partial charge on any atom is -0.347 e. The Labute approximate surface area is 115 Å². The third-order valence-electron chi connectivity index (χ3n) is 3.37. The average Bonchev–Trinajstić information content (AvgIpc) is 3.02. The van der Waals surface area contributed by atoms with Crippen molar-refractivity contribution in [3.05, 3.63) is 58.5 Å². The molecule has 0 radical (unpaired) electrons. The number of fused-ring (bicyclic) bond motifs is 1. The van der Waals surface area contributed by atoms with Crippen LogP contribution in [0.2, 0.25) is 0 Å². The molecule has 3 rings (SSSR count). The molecule has 20 heavy (non-hydrogen) atoms. The van der Waals surface area contributed by atoms with Gasteiger partial charge in [-0.05, 0) is 24.1 Å². The standard InChI is InChI=1S/C14H14N4O2/c1-16-10-11(9-15-16)4-6-17-7-5-12-8-13(18(19)20)2-3-14(12)17/h2-3,5,7-10H,4,6H2,1H3. The van der Waals surface area contributed by atoms with Crippen LogP contribution in [0.25, 0.3) is 10.9 Å². The molecule has 0 aliphatic rings. The molecule has 2 heterocycles. The number of aromatic nitrogens is 3. The highest BCUT2D eigenvalue weighted by atomic mass is 16.6. The van der Waals surface area contributed by atoms with Crippen LogP contribution in [0.1, 0.15) is 5.56 Å². The molecule has 102 valence electrons. The fourth-order valence-electron chi connectivity index (χ4n) is 2.35. The maximum atomic E-state index is 10.8. The molecule has 0 bridgehead atoms. The van der Waals surface area contributed by atoms with E-state index in [1.807, 2.05) is 31.7 Å². The first-order valence-corrected chi connectivity index (χ1v) is 6.34. The van der Waals surface area contributed by atoms with Crippen molar-refractivity contribution in [1.82, 2.24) is 14.3 Å². The van der Waals surface area contributed by atoms with Crippen LogP contribution < -0.4 is 0 Å². The van der Waals surface area contributed by atoms with Gasteiger partial charge in [-0.3, -0.25) is 14.8 Å². The van der Waals surface area contributed by atoms with Gasteiger partial charge in [0.1, 0.15) is 0 Å². The normalized spacial score (nSPS) is 11.1. The SMILES string of the molecule is Cn1cc(CCn2ccc3cc([N+](=O)[O-])ccc32)cn1. The van der Waals surface area contributed by atoms with E-state index < -0.39 is 0 Å². The molecule has 1 aromatic carbocycles. The Morgan fingerprint density at radius 1 is 1.35 bits per heavy atom. The smallest absolute Gasteiger partial charge is 0.270 e. The maximum Gasteiger partial charge on any atom is 0.270 e. The van der Waals surface area contributed by atoms with E-state index in [1.54, 1.807) is 22.9 Å². The van der Waals surface area contributed by atoms with Gasteiger partial charge in [-0.1, -0.05) is 0 Å². The van der Waals surface area contributed by atoms with Gasteiger partial charge in [-0.2, -0.15) is 5.10 Å². The second-order valence-electron chi connectivity index (χ2n) is 4.78. The van der Waals surface area contributed by atoms with Crippen LogP contribution in [-0.4, -0.2) is 19.3 Å². The van der Waals surface area contributed by atoms with Crippen molar-refractivity contribution in [3.8, 4) is 0 Å². The first-order valence-electron chi connectivity index (χ1n) is 6.34. The summed E-state index contributed by atoms with van der Waals surface area (Å²) in [7, 11) is 1.90. The molecule has 0 saturated heterocycles. The summed E-state index contributed by atoms with van der Waals surface area (Å²) in [6, 6.07) is 6.86. The van der Waals surface area contributed by atoms with Crippen LogP contribution in [0, 0.1) is 10.1 Å². The van der Waals surface area contributed by atoms with E-state index in [1.165, 1.54) is 5.56 Å². The summed E-state index contributed by atoms with van der Waals surface area (Å²) in [6.07, 6.45) is 6.70. The molecule has 0 aliphatic carbocycles. The minimum atomic E-state index is -0.369. The highest BCUT2D eigenvalue weighted by molar-refractivity contribution is 5.82. The number of nitro groups is 1. The Kier molecular flexibility index (Phi) is 2.98. The lowest BCUT2D eigenvalue weighted by atomic mass is 10.2. The van der Waals surface area contributed by atoms with Gasteiger partial charge in [0.05, 0.1) is 11.1 Å². The van der Waals surface area contributed by atoms with Gasteiger partial charge in [-0.25, -0.2) is 0 Å². The number of non-ortho nitro benzene ring substituents is 1. The van der Waals surface area contributed by atoms with Crippen molar-refractivity contribution in [1.29, 1.82) is 0 Å². The molecule has 0 atom stereocenters. The van der Waals surface area contributed by atoms with Crippen molar-refractivity contribution in [2.45, 2.75) is 13.0 Å². The summed E-state index contributed by atoms with van der Waals surface area (Å²) in [6.45, 7) is 0.826. The Balaban J connectivity index is 1.83. The number of rotatable bonds is 4. The van der Waals surface area contributed by atoms with Crippen LogP contribution in [0.15, 0.2) is 42.9 Å². The van der Waals surface area contributed by atoms with E-state index >= 15 is 0 Å². The van der Waals surface area contributed by atoms with Crippen LogP contribution in [0.3, 0.4) is 0 Å². The van der Waals surface area contributed by atoms with Gasteiger partial charge in [0.15, 0.2) is 0 Å². The molecule has 6 heteroatoms. The Morgan fingerprint density at radius 2 is 2.20 bits per heavy atom. The van der Waals surface area contributed by atoms with Crippen molar-refractivity contribution >= 4 is 16.6 Å². The van der Waals surface area contributed by atoms with Gasteiger partial charge in [0.2, 0.25) is 0 Å². The topological polar surface area (TPSA) is 65.9 Å². The number of nitro benzene ring substituents is 1. The molecule has 6 nitrogen and oxygen atoms in total. The average molecular weight is 270 g/mol. The Morgan fingerprint density at radius 3 is 2.90 bits per heavy atom. The Hall–Kier alpha value is -2.63. The van der Waals surface area contributed by atoms with Gasteiger partial charge in [0.25, 0.3) is 5.69 Å². The molecule has 0 fully saturated rings. The zero-order valence-corrected chi connectivity index (χ0v) is 11.1. The van der Waals surface area contributed by atoms with Gasteiger partial charge in [-0.15, -0.1) is 0 Å². The monoisotopic (exact) mass is 270 g/mol. The molecular weight excluding hydrogens is 256 g/mol. The van der Waals surface area contributed by atoms with Gasteiger partial charge in [0, 0.05) is 49.0 Å². The first kappa shape index (κ1) is 12.4. The van der Waals surface area contributed by atoms with Crippen molar-refractivity contribution < 1.29 is 4.92 Å².